The van der Waals surface area contributed by atoms with Gasteiger partial charge in [0.2, 0.25) is 5.78 Å². The standard InChI is InChI=1S/C14H14ClNO4/c15-11-12(16-5-7-20-8-6-17)14(19)10-4-2-1-3-9(10)13(11)18/h1-4,11,17H,5-8H2. The fourth-order valence-electron chi connectivity index (χ4n) is 1.96. The van der Waals surface area contributed by atoms with E-state index in [4.69, 9.17) is 21.4 Å². The van der Waals surface area contributed by atoms with Crippen LogP contribution < -0.4 is 0 Å². The minimum Gasteiger partial charge on any atom is -0.394 e. The van der Waals surface area contributed by atoms with Crippen LogP contribution >= 0.6 is 11.6 Å². The Morgan fingerprint density at radius 1 is 1.20 bits per heavy atom. The van der Waals surface area contributed by atoms with Crippen LogP contribution in [0.5, 0.6) is 0 Å². The normalized spacial score (nSPS) is 20.3. The maximum atomic E-state index is 12.2. The number of aliphatic hydroxyl groups is 1. The summed E-state index contributed by atoms with van der Waals surface area (Å²) in [5.41, 5.74) is 0.736. The Labute approximate surface area is 121 Å². The minimum atomic E-state index is -1.05. The number of Topliss-reactive ketones (excluding diaryl/α,β-unsaturated/α-hetero) is 2. The van der Waals surface area contributed by atoms with Gasteiger partial charge in [0, 0.05) is 11.1 Å². The second kappa shape index (κ2) is 6.74. The number of halogens is 1. The molecule has 0 amide bonds. The van der Waals surface area contributed by atoms with Crippen molar-refractivity contribution in [2.75, 3.05) is 26.4 Å². The first-order valence-corrected chi connectivity index (χ1v) is 6.65. The Balaban J connectivity index is 2.17. The highest BCUT2D eigenvalue weighted by Crippen LogP contribution is 2.23. The van der Waals surface area contributed by atoms with Crippen LogP contribution in [0.15, 0.2) is 29.3 Å². The number of ketones is 2. The zero-order valence-electron chi connectivity index (χ0n) is 10.7. The molecular formula is C14H14ClNO4. The zero-order chi connectivity index (χ0) is 14.5. The Kier molecular flexibility index (Phi) is 5.00. The van der Waals surface area contributed by atoms with Crippen molar-refractivity contribution < 1.29 is 19.4 Å². The summed E-state index contributed by atoms with van der Waals surface area (Å²) in [6, 6.07) is 6.57. The van der Waals surface area contributed by atoms with Crippen LogP contribution in [0, 0.1) is 0 Å². The van der Waals surface area contributed by atoms with Gasteiger partial charge in [0.1, 0.15) is 11.1 Å². The number of hydrogen-bond acceptors (Lipinski definition) is 5. The van der Waals surface area contributed by atoms with Gasteiger partial charge in [-0.1, -0.05) is 24.3 Å². The van der Waals surface area contributed by atoms with Crippen molar-refractivity contribution in [1.29, 1.82) is 0 Å². The lowest BCUT2D eigenvalue weighted by molar-refractivity contribution is 0.0956. The fraction of sp³-hybridized carbons (Fsp3) is 0.357. The summed E-state index contributed by atoms with van der Waals surface area (Å²) in [7, 11) is 0. The molecule has 20 heavy (non-hydrogen) atoms. The monoisotopic (exact) mass is 295 g/mol. The number of rotatable bonds is 5. The predicted molar refractivity (Wildman–Crippen MR) is 75.0 cm³/mol. The van der Waals surface area contributed by atoms with E-state index >= 15 is 0 Å². The van der Waals surface area contributed by atoms with Gasteiger partial charge >= 0.3 is 0 Å². The van der Waals surface area contributed by atoms with Crippen LogP contribution in [0.2, 0.25) is 0 Å². The number of nitrogens with zero attached hydrogens (tertiary/aromatic N) is 1. The zero-order valence-corrected chi connectivity index (χ0v) is 11.5. The van der Waals surface area contributed by atoms with Crippen molar-refractivity contribution in [3.63, 3.8) is 0 Å². The van der Waals surface area contributed by atoms with Crippen molar-refractivity contribution >= 4 is 28.9 Å². The average Bonchev–Trinajstić information content (AvgIpc) is 2.48. The fourth-order valence-corrected chi connectivity index (χ4v) is 2.24. The van der Waals surface area contributed by atoms with Crippen LogP contribution in [0.4, 0.5) is 0 Å². The van der Waals surface area contributed by atoms with Gasteiger partial charge in [-0.25, -0.2) is 0 Å². The number of carbonyl (C=O) groups is 2. The molecule has 0 heterocycles. The maximum Gasteiger partial charge on any atom is 0.209 e. The van der Waals surface area contributed by atoms with Crippen molar-refractivity contribution in [3.8, 4) is 0 Å². The summed E-state index contributed by atoms with van der Waals surface area (Å²) in [4.78, 5) is 28.4. The average molecular weight is 296 g/mol. The molecule has 0 radical (unpaired) electrons. The summed E-state index contributed by atoms with van der Waals surface area (Å²) in [5.74, 6) is -0.626. The van der Waals surface area contributed by atoms with E-state index in [1.54, 1.807) is 24.3 Å². The first kappa shape index (κ1) is 14.8. The molecule has 1 aliphatic carbocycles. The van der Waals surface area contributed by atoms with Gasteiger partial charge in [-0.15, -0.1) is 11.6 Å². The third-order valence-corrected chi connectivity index (χ3v) is 3.30. The molecule has 106 valence electrons. The lowest BCUT2D eigenvalue weighted by atomic mass is 9.88. The topological polar surface area (TPSA) is 76.0 Å². The first-order valence-electron chi connectivity index (χ1n) is 6.21. The van der Waals surface area contributed by atoms with Crippen molar-refractivity contribution in [2.45, 2.75) is 5.38 Å². The van der Waals surface area contributed by atoms with E-state index in [0.717, 1.165) is 0 Å². The maximum absolute atomic E-state index is 12.2. The largest absolute Gasteiger partial charge is 0.394 e. The number of fused-ring (bicyclic) bond motifs is 1. The molecule has 1 N–H and O–H groups in total. The Morgan fingerprint density at radius 2 is 1.90 bits per heavy atom. The molecule has 6 heteroatoms. The van der Waals surface area contributed by atoms with Crippen molar-refractivity contribution in [2.24, 2.45) is 4.99 Å². The van der Waals surface area contributed by atoms with Gasteiger partial charge in [-0.2, -0.15) is 0 Å². The lowest BCUT2D eigenvalue weighted by Gasteiger charge is -2.19. The van der Waals surface area contributed by atoms with Crippen LogP contribution in [-0.2, 0) is 4.74 Å². The molecule has 0 saturated carbocycles. The number of ether oxygens (including phenoxy) is 1. The molecule has 1 unspecified atom stereocenters. The van der Waals surface area contributed by atoms with Crippen molar-refractivity contribution in [1.82, 2.24) is 0 Å². The number of hydrogen-bond donors (Lipinski definition) is 1. The molecule has 1 aromatic rings. The molecule has 0 aliphatic heterocycles. The van der Waals surface area contributed by atoms with E-state index in [1.165, 1.54) is 0 Å². The Bertz CT molecular complexity index is 556. The molecule has 5 nitrogen and oxygen atoms in total. The molecule has 2 rings (SSSR count). The quantitative estimate of drug-likeness (QED) is 0.652. The molecular weight excluding hydrogens is 282 g/mol. The van der Waals surface area contributed by atoms with Crippen LogP contribution in [-0.4, -0.2) is 54.1 Å². The number of aliphatic imine (C=N–C) groups is 1. The molecule has 1 atom stereocenters. The van der Waals surface area contributed by atoms with Crippen LogP contribution in [0.3, 0.4) is 0 Å². The summed E-state index contributed by atoms with van der Waals surface area (Å²) in [5, 5.41) is 7.52. The summed E-state index contributed by atoms with van der Waals surface area (Å²) in [6.45, 7) is 0.626. The van der Waals surface area contributed by atoms with Gasteiger partial charge in [-0.3, -0.25) is 14.6 Å². The molecule has 1 aromatic carbocycles. The molecule has 0 spiro atoms. The molecule has 0 saturated heterocycles. The highest BCUT2D eigenvalue weighted by molar-refractivity contribution is 6.64. The van der Waals surface area contributed by atoms with Crippen LogP contribution in [0.1, 0.15) is 20.7 Å². The number of alkyl halides is 1. The molecule has 1 aliphatic rings. The number of aliphatic hydroxyl groups excluding tert-OH is 1. The van der Waals surface area contributed by atoms with E-state index in [0.29, 0.717) is 11.1 Å². The molecule has 0 bridgehead atoms. The summed E-state index contributed by atoms with van der Waals surface area (Å²) < 4.78 is 5.04. The summed E-state index contributed by atoms with van der Waals surface area (Å²) >= 11 is 6.01. The second-order valence-electron chi connectivity index (χ2n) is 4.20. The minimum absolute atomic E-state index is 0.0583. The van der Waals surface area contributed by atoms with Gasteiger partial charge < -0.3 is 9.84 Å². The highest BCUT2D eigenvalue weighted by atomic mass is 35.5. The third kappa shape index (κ3) is 2.95. The van der Waals surface area contributed by atoms with Crippen molar-refractivity contribution in [3.05, 3.63) is 35.4 Å². The Morgan fingerprint density at radius 3 is 2.60 bits per heavy atom. The highest BCUT2D eigenvalue weighted by Gasteiger charge is 2.36. The van der Waals surface area contributed by atoms with Gasteiger partial charge in [0.05, 0.1) is 26.4 Å². The van der Waals surface area contributed by atoms with Gasteiger partial charge in [0.15, 0.2) is 5.78 Å². The smallest absolute Gasteiger partial charge is 0.209 e. The SMILES string of the molecule is O=C1C(=NCCOCCO)C(Cl)C(=O)c2ccccc21. The van der Waals surface area contributed by atoms with Gasteiger partial charge in [-0.05, 0) is 0 Å². The van der Waals surface area contributed by atoms with E-state index in [-0.39, 0.29) is 43.6 Å². The summed E-state index contributed by atoms with van der Waals surface area (Å²) in [6.07, 6.45) is 0. The van der Waals surface area contributed by atoms with Crippen LogP contribution in [0.25, 0.3) is 0 Å². The van der Waals surface area contributed by atoms with E-state index in [2.05, 4.69) is 4.99 Å². The van der Waals surface area contributed by atoms with Gasteiger partial charge in [0.25, 0.3) is 0 Å². The number of benzene rings is 1. The van der Waals surface area contributed by atoms with E-state index in [1.807, 2.05) is 0 Å². The third-order valence-electron chi connectivity index (χ3n) is 2.89. The molecule has 0 aromatic heterocycles. The Hall–Kier alpha value is -1.56. The predicted octanol–water partition coefficient (Wildman–Crippen LogP) is 1.12. The van der Waals surface area contributed by atoms with E-state index in [9.17, 15) is 9.59 Å². The second-order valence-corrected chi connectivity index (χ2v) is 4.64. The first-order chi connectivity index (χ1) is 9.66. The molecule has 0 fully saturated rings. The number of carbonyl (C=O) groups excluding carboxylic acids is 2. The van der Waals surface area contributed by atoms with E-state index < -0.39 is 5.38 Å². The lowest BCUT2D eigenvalue weighted by Crippen LogP contribution is -2.38.